The zero-order valence-electron chi connectivity index (χ0n) is 15.2. The van der Waals surface area contributed by atoms with Crippen molar-refractivity contribution < 1.29 is 30.7 Å². The van der Waals surface area contributed by atoms with Gasteiger partial charge in [0.2, 0.25) is 0 Å². The standard InChI is InChI=1S/C19H10F7N5/c20-8-3-1-5-10(14(8)22)27-17-18(28-11-6-2-4-9(21)15(11)23)31-16-12(29-17)7-13(30-16)19(24,25)26/h1-6H,7H2,(H,27,29)(H,28,31). The van der Waals surface area contributed by atoms with Gasteiger partial charge in [-0.1, -0.05) is 12.1 Å². The summed E-state index contributed by atoms with van der Waals surface area (Å²) in [5, 5.41) is 4.82. The highest BCUT2D eigenvalue weighted by Gasteiger charge is 2.40. The number of hydrogen-bond acceptors (Lipinski definition) is 5. The summed E-state index contributed by atoms with van der Waals surface area (Å²) in [4.78, 5) is 11.3. The third kappa shape index (κ3) is 4.00. The van der Waals surface area contributed by atoms with Crippen molar-refractivity contribution in [3.63, 3.8) is 0 Å². The molecular weight excluding hydrogens is 431 g/mol. The maximum Gasteiger partial charge on any atom is 0.429 e. The maximum atomic E-state index is 14.1. The number of halogens is 7. The normalized spacial score (nSPS) is 13.1. The van der Waals surface area contributed by atoms with Crippen LogP contribution >= 0.6 is 0 Å². The van der Waals surface area contributed by atoms with Gasteiger partial charge in [0, 0.05) is 6.42 Å². The third-order valence-corrected chi connectivity index (χ3v) is 4.26. The Bertz CT molecular complexity index is 1210. The van der Waals surface area contributed by atoms with Crippen LogP contribution in [0.3, 0.4) is 0 Å². The molecule has 31 heavy (non-hydrogen) atoms. The highest BCUT2D eigenvalue weighted by Crippen LogP contribution is 2.36. The molecule has 0 amide bonds. The molecule has 0 fully saturated rings. The van der Waals surface area contributed by atoms with Crippen molar-refractivity contribution in [1.29, 1.82) is 0 Å². The van der Waals surface area contributed by atoms with E-state index in [1.165, 1.54) is 12.1 Å². The number of nitrogens with one attached hydrogen (secondary N) is 2. The smallest absolute Gasteiger partial charge is 0.335 e. The largest absolute Gasteiger partial charge is 0.429 e. The SMILES string of the molecule is Fc1cccc(Nc2nc3c(nc2Nc2cccc(F)c2F)N=C(C(F)(F)F)C3)c1F. The molecule has 0 atom stereocenters. The number of hydrogen-bond donors (Lipinski definition) is 2. The van der Waals surface area contributed by atoms with Crippen LogP contribution in [0.2, 0.25) is 0 Å². The average molecular weight is 441 g/mol. The van der Waals surface area contributed by atoms with Gasteiger partial charge in [-0.3, -0.25) is 0 Å². The molecule has 3 aromatic rings. The first-order valence-corrected chi connectivity index (χ1v) is 8.61. The number of benzene rings is 2. The van der Waals surface area contributed by atoms with E-state index < -0.39 is 58.8 Å². The molecule has 12 heteroatoms. The Labute approximate surface area is 169 Å². The first-order chi connectivity index (χ1) is 14.6. The zero-order chi connectivity index (χ0) is 22.3. The van der Waals surface area contributed by atoms with E-state index in [0.29, 0.717) is 0 Å². The molecule has 1 aromatic heterocycles. The predicted octanol–water partition coefficient (Wildman–Crippen LogP) is 5.71. The van der Waals surface area contributed by atoms with Gasteiger partial charge in [0.15, 0.2) is 40.7 Å². The lowest BCUT2D eigenvalue weighted by Crippen LogP contribution is -2.22. The van der Waals surface area contributed by atoms with E-state index in [2.05, 4.69) is 25.6 Å². The lowest BCUT2D eigenvalue weighted by molar-refractivity contribution is -0.0597. The van der Waals surface area contributed by atoms with Crippen molar-refractivity contribution in [2.45, 2.75) is 12.6 Å². The second kappa shape index (κ2) is 7.52. The molecule has 1 aliphatic rings. The summed E-state index contributed by atoms with van der Waals surface area (Å²) in [5.74, 6) is -6.05. The van der Waals surface area contributed by atoms with Crippen LogP contribution in [0.5, 0.6) is 0 Å². The summed E-state index contributed by atoms with van der Waals surface area (Å²) >= 11 is 0. The minimum absolute atomic E-state index is 0.183. The summed E-state index contributed by atoms with van der Waals surface area (Å²) in [5.41, 5.74) is -2.14. The van der Waals surface area contributed by atoms with Crippen molar-refractivity contribution in [2.75, 3.05) is 10.6 Å². The van der Waals surface area contributed by atoms with E-state index in [0.717, 1.165) is 24.3 Å². The van der Waals surface area contributed by atoms with Gasteiger partial charge in [-0.2, -0.15) is 13.2 Å². The van der Waals surface area contributed by atoms with Crippen molar-refractivity contribution in [2.24, 2.45) is 4.99 Å². The molecule has 2 aromatic carbocycles. The summed E-state index contributed by atoms with van der Waals surface area (Å²) in [6.45, 7) is 0. The molecule has 5 nitrogen and oxygen atoms in total. The number of anilines is 4. The number of alkyl halides is 3. The molecule has 2 heterocycles. The van der Waals surface area contributed by atoms with Gasteiger partial charge >= 0.3 is 6.18 Å². The Morgan fingerprint density at radius 2 is 1.26 bits per heavy atom. The second-order valence-corrected chi connectivity index (χ2v) is 6.38. The Morgan fingerprint density at radius 3 is 1.77 bits per heavy atom. The number of aliphatic imine (C=N–C) groups is 1. The molecule has 0 saturated carbocycles. The molecule has 160 valence electrons. The maximum absolute atomic E-state index is 14.1. The van der Waals surface area contributed by atoms with Crippen LogP contribution < -0.4 is 10.6 Å². The molecule has 0 bridgehead atoms. The van der Waals surface area contributed by atoms with E-state index in [-0.39, 0.29) is 17.3 Å². The Morgan fingerprint density at radius 1 is 0.742 bits per heavy atom. The Hall–Kier alpha value is -3.70. The molecular formula is C19H10F7N5. The molecule has 4 rings (SSSR count). The van der Waals surface area contributed by atoms with E-state index in [1.807, 2.05) is 0 Å². The van der Waals surface area contributed by atoms with Gasteiger partial charge in [0.1, 0.15) is 5.71 Å². The first-order valence-electron chi connectivity index (χ1n) is 8.61. The average Bonchev–Trinajstić information content (AvgIpc) is 3.12. The summed E-state index contributed by atoms with van der Waals surface area (Å²) in [6, 6.07) is 6.38. The van der Waals surface area contributed by atoms with E-state index >= 15 is 0 Å². The lowest BCUT2D eigenvalue weighted by Gasteiger charge is -2.14. The summed E-state index contributed by atoms with van der Waals surface area (Å²) in [7, 11) is 0. The van der Waals surface area contributed by atoms with Gasteiger partial charge in [0.25, 0.3) is 0 Å². The van der Waals surface area contributed by atoms with Crippen LogP contribution in [-0.4, -0.2) is 21.9 Å². The fourth-order valence-corrected chi connectivity index (χ4v) is 2.79. The van der Waals surface area contributed by atoms with Gasteiger partial charge in [-0.15, -0.1) is 0 Å². The molecule has 0 saturated heterocycles. The van der Waals surface area contributed by atoms with Crippen molar-refractivity contribution in [1.82, 2.24) is 9.97 Å². The predicted molar refractivity (Wildman–Crippen MR) is 98.2 cm³/mol. The number of aromatic nitrogens is 2. The Kier molecular flexibility index (Phi) is 4.99. The number of fused-ring (bicyclic) bond motifs is 1. The first kappa shape index (κ1) is 20.6. The Balaban J connectivity index is 1.79. The monoisotopic (exact) mass is 441 g/mol. The molecule has 0 radical (unpaired) electrons. The molecule has 0 aliphatic carbocycles. The van der Waals surface area contributed by atoms with Crippen LogP contribution in [-0.2, 0) is 6.42 Å². The highest BCUT2D eigenvalue weighted by atomic mass is 19.4. The fraction of sp³-hybridized carbons (Fsp3) is 0.105. The molecule has 0 unspecified atom stereocenters. The number of nitrogens with zero attached hydrogens (tertiary/aromatic N) is 3. The topological polar surface area (TPSA) is 62.2 Å². The van der Waals surface area contributed by atoms with Crippen LogP contribution in [0.25, 0.3) is 0 Å². The minimum Gasteiger partial charge on any atom is -0.335 e. The van der Waals surface area contributed by atoms with Gasteiger partial charge in [-0.05, 0) is 24.3 Å². The summed E-state index contributed by atoms with van der Waals surface area (Å²) < 4.78 is 94.2. The van der Waals surface area contributed by atoms with Crippen LogP contribution in [0.15, 0.2) is 41.4 Å². The van der Waals surface area contributed by atoms with Crippen molar-refractivity contribution in [3.8, 4) is 0 Å². The molecule has 2 N–H and O–H groups in total. The quantitative estimate of drug-likeness (QED) is 0.509. The minimum atomic E-state index is -4.73. The third-order valence-electron chi connectivity index (χ3n) is 4.26. The van der Waals surface area contributed by atoms with Gasteiger partial charge in [0.05, 0.1) is 17.1 Å². The summed E-state index contributed by atoms with van der Waals surface area (Å²) in [6.07, 6.45) is -5.42. The van der Waals surface area contributed by atoms with E-state index in [1.54, 1.807) is 0 Å². The van der Waals surface area contributed by atoms with Crippen molar-refractivity contribution >= 4 is 34.5 Å². The molecule has 1 aliphatic heterocycles. The van der Waals surface area contributed by atoms with Crippen LogP contribution in [0.4, 0.5) is 59.6 Å². The van der Waals surface area contributed by atoms with Gasteiger partial charge in [-0.25, -0.2) is 32.5 Å². The molecule has 0 spiro atoms. The van der Waals surface area contributed by atoms with Gasteiger partial charge < -0.3 is 10.6 Å². The fourth-order valence-electron chi connectivity index (χ4n) is 2.79. The van der Waals surface area contributed by atoms with Crippen LogP contribution in [0.1, 0.15) is 5.69 Å². The van der Waals surface area contributed by atoms with Crippen molar-refractivity contribution in [3.05, 3.63) is 65.4 Å². The van der Waals surface area contributed by atoms with E-state index in [4.69, 9.17) is 0 Å². The highest BCUT2D eigenvalue weighted by molar-refractivity contribution is 5.97. The van der Waals surface area contributed by atoms with Crippen LogP contribution in [0, 0.1) is 23.3 Å². The number of rotatable bonds is 4. The lowest BCUT2D eigenvalue weighted by atomic mass is 10.2. The van der Waals surface area contributed by atoms with E-state index in [9.17, 15) is 30.7 Å². The second-order valence-electron chi connectivity index (χ2n) is 6.38. The zero-order valence-corrected chi connectivity index (χ0v) is 15.2.